The summed E-state index contributed by atoms with van der Waals surface area (Å²) in [6.45, 7) is 3.94. The number of hydrogen-bond acceptors (Lipinski definition) is 1. The molecule has 0 saturated carbocycles. The zero-order valence-electron chi connectivity index (χ0n) is 4.56. The first kappa shape index (κ1) is 4.62. The highest BCUT2D eigenvalue weighted by Crippen LogP contribution is 2.11. The van der Waals surface area contributed by atoms with Crippen LogP contribution in [0.3, 0.4) is 0 Å². The molecule has 1 aliphatic rings. The van der Waals surface area contributed by atoms with E-state index in [0.717, 1.165) is 0 Å². The van der Waals surface area contributed by atoms with Crippen molar-refractivity contribution in [2.24, 2.45) is 5.92 Å². The first-order valence-electron chi connectivity index (χ1n) is 2.52. The van der Waals surface area contributed by atoms with Crippen LogP contribution in [0.25, 0.3) is 0 Å². The molecule has 1 rings (SSSR count). The van der Waals surface area contributed by atoms with E-state index >= 15 is 0 Å². The molecule has 2 heteroatoms. The Bertz CT molecular complexity index is 100. The largest absolute Gasteiger partial charge is 0.353 e. The second-order valence-electron chi connectivity index (χ2n) is 2.09. The van der Waals surface area contributed by atoms with E-state index in [9.17, 15) is 4.79 Å². The van der Waals surface area contributed by atoms with Gasteiger partial charge >= 0.3 is 0 Å². The van der Waals surface area contributed by atoms with Crippen LogP contribution in [0.5, 0.6) is 0 Å². The lowest BCUT2D eigenvalue weighted by molar-refractivity contribution is -0.133. The third-order valence-electron chi connectivity index (χ3n) is 1.53. The second kappa shape index (κ2) is 1.22. The molecule has 1 N–H and O–H groups in total. The highest BCUT2D eigenvalue weighted by atomic mass is 16.2. The molecule has 1 fully saturated rings. The number of nitrogens with one attached hydrogen (secondary N) is 1. The van der Waals surface area contributed by atoms with Gasteiger partial charge in [0.05, 0.1) is 5.92 Å². The van der Waals surface area contributed by atoms with Gasteiger partial charge in [-0.1, -0.05) is 6.92 Å². The van der Waals surface area contributed by atoms with E-state index in [4.69, 9.17) is 0 Å². The lowest BCUT2D eigenvalue weighted by Gasteiger charge is -2.30. The number of hydrogen-bond donors (Lipinski definition) is 1. The molecule has 0 aromatic heterocycles. The molecule has 1 saturated heterocycles. The number of amides is 1. The van der Waals surface area contributed by atoms with Crippen LogP contribution in [-0.2, 0) is 4.79 Å². The van der Waals surface area contributed by atoms with Crippen molar-refractivity contribution < 1.29 is 4.79 Å². The van der Waals surface area contributed by atoms with Crippen LogP contribution in [-0.4, -0.2) is 11.9 Å². The molecular formula is C5H9NO. The van der Waals surface area contributed by atoms with Crippen LogP contribution >= 0.6 is 0 Å². The normalized spacial score (nSPS) is 39.4. The average Bonchev–Trinajstić information content (AvgIpc) is 1.68. The molecule has 40 valence electrons. The Morgan fingerprint density at radius 2 is 2.14 bits per heavy atom. The van der Waals surface area contributed by atoms with Gasteiger partial charge in [0.25, 0.3) is 0 Å². The average molecular weight is 99.1 g/mol. The Morgan fingerprint density at radius 1 is 1.57 bits per heavy atom. The first-order valence-corrected chi connectivity index (χ1v) is 2.52. The Balaban J connectivity index is 2.43. The number of carbonyl (C=O) groups excluding carboxylic acids is 1. The van der Waals surface area contributed by atoms with Crippen LogP contribution in [0.2, 0.25) is 0 Å². The zero-order chi connectivity index (χ0) is 5.44. The molecule has 0 spiro atoms. The number of carbonyl (C=O) groups is 1. The van der Waals surface area contributed by atoms with Crippen LogP contribution < -0.4 is 5.32 Å². The predicted octanol–water partition coefficient (Wildman–Crippen LogP) is 0.141. The molecule has 0 aromatic carbocycles. The topological polar surface area (TPSA) is 29.1 Å². The third-order valence-corrected chi connectivity index (χ3v) is 1.53. The monoisotopic (exact) mass is 99.1 g/mol. The quantitative estimate of drug-likeness (QED) is 0.430. The van der Waals surface area contributed by atoms with E-state index < -0.39 is 0 Å². The van der Waals surface area contributed by atoms with Gasteiger partial charge in [0.2, 0.25) is 5.91 Å². The van der Waals surface area contributed by atoms with Crippen molar-refractivity contribution in [3.05, 3.63) is 0 Å². The van der Waals surface area contributed by atoms with Gasteiger partial charge in [-0.3, -0.25) is 4.79 Å². The second-order valence-corrected chi connectivity index (χ2v) is 2.09. The van der Waals surface area contributed by atoms with Gasteiger partial charge in [0.15, 0.2) is 0 Å². The molecule has 1 heterocycles. The summed E-state index contributed by atoms with van der Waals surface area (Å²) >= 11 is 0. The highest BCUT2D eigenvalue weighted by molar-refractivity contribution is 5.85. The van der Waals surface area contributed by atoms with E-state index in [-0.39, 0.29) is 11.8 Å². The van der Waals surface area contributed by atoms with Gasteiger partial charge in [0.1, 0.15) is 0 Å². The fourth-order valence-corrected chi connectivity index (χ4v) is 0.612. The maximum absolute atomic E-state index is 10.3. The summed E-state index contributed by atoms with van der Waals surface area (Å²) in [7, 11) is 0. The van der Waals surface area contributed by atoms with Crippen molar-refractivity contribution in [1.82, 2.24) is 5.32 Å². The minimum absolute atomic E-state index is 0.188. The van der Waals surface area contributed by atoms with Crippen LogP contribution in [0.1, 0.15) is 13.8 Å². The van der Waals surface area contributed by atoms with Gasteiger partial charge in [-0.15, -0.1) is 0 Å². The molecule has 0 aliphatic carbocycles. The van der Waals surface area contributed by atoms with Crippen molar-refractivity contribution in [3.63, 3.8) is 0 Å². The third kappa shape index (κ3) is 0.501. The van der Waals surface area contributed by atoms with Crippen molar-refractivity contribution >= 4 is 5.91 Å². The van der Waals surface area contributed by atoms with Crippen molar-refractivity contribution in [1.29, 1.82) is 0 Å². The summed E-state index contributed by atoms with van der Waals surface area (Å²) in [5, 5.41) is 2.72. The first-order chi connectivity index (χ1) is 3.22. The van der Waals surface area contributed by atoms with Gasteiger partial charge in [-0.05, 0) is 6.92 Å². The summed E-state index contributed by atoms with van der Waals surface area (Å²) in [4.78, 5) is 10.3. The van der Waals surface area contributed by atoms with Gasteiger partial charge in [-0.25, -0.2) is 0 Å². The zero-order valence-corrected chi connectivity index (χ0v) is 4.56. The number of β-lactam (4-membered cyclic amide) rings is 1. The van der Waals surface area contributed by atoms with Gasteiger partial charge in [-0.2, -0.15) is 0 Å². The van der Waals surface area contributed by atoms with Gasteiger partial charge < -0.3 is 5.32 Å². The van der Waals surface area contributed by atoms with Crippen molar-refractivity contribution in [3.8, 4) is 0 Å². The van der Waals surface area contributed by atoms with E-state index in [1.807, 2.05) is 13.8 Å². The van der Waals surface area contributed by atoms with Gasteiger partial charge in [0, 0.05) is 6.04 Å². The molecule has 0 aromatic rings. The maximum Gasteiger partial charge on any atom is 0.225 e. The van der Waals surface area contributed by atoms with E-state index in [0.29, 0.717) is 6.04 Å². The van der Waals surface area contributed by atoms with Crippen molar-refractivity contribution in [2.75, 3.05) is 0 Å². The standard InChI is InChI=1S/C5H9NO/c1-3-4(2)6-5(3)7/h3-4H,1-2H3,(H,6,7). The Labute approximate surface area is 42.9 Å². The summed E-state index contributed by atoms with van der Waals surface area (Å²) in [6.07, 6.45) is 0. The fraction of sp³-hybridized carbons (Fsp3) is 0.800. The summed E-state index contributed by atoms with van der Waals surface area (Å²) in [5.41, 5.74) is 0. The molecule has 0 radical (unpaired) electrons. The molecule has 1 amide bonds. The predicted molar refractivity (Wildman–Crippen MR) is 26.8 cm³/mol. The van der Waals surface area contributed by atoms with E-state index in [1.54, 1.807) is 0 Å². The van der Waals surface area contributed by atoms with Crippen molar-refractivity contribution in [2.45, 2.75) is 19.9 Å². The Kier molecular flexibility index (Phi) is 0.805. The summed E-state index contributed by atoms with van der Waals surface area (Å²) in [6, 6.07) is 0.410. The van der Waals surface area contributed by atoms with Crippen LogP contribution in [0, 0.1) is 5.92 Å². The Morgan fingerprint density at radius 3 is 2.14 bits per heavy atom. The lowest BCUT2D eigenvalue weighted by Crippen LogP contribution is -2.54. The molecule has 2 atom stereocenters. The molecule has 1 aliphatic heterocycles. The van der Waals surface area contributed by atoms with E-state index in [1.165, 1.54) is 0 Å². The van der Waals surface area contributed by atoms with Crippen LogP contribution in [0.4, 0.5) is 0 Å². The molecule has 7 heavy (non-hydrogen) atoms. The molecule has 0 bridgehead atoms. The lowest BCUT2D eigenvalue weighted by atomic mass is 9.95. The molecule has 2 nitrogen and oxygen atoms in total. The highest BCUT2D eigenvalue weighted by Gasteiger charge is 2.30. The Hall–Kier alpha value is -0.530. The minimum Gasteiger partial charge on any atom is -0.353 e. The number of rotatable bonds is 0. The maximum atomic E-state index is 10.3. The smallest absolute Gasteiger partial charge is 0.225 e. The summed E-state index contributed by atoms with van der Waals surface area (Å²) < 4.78 is 0. The molecule has 2 unspecified atom stereocenters. The summed E-state index contributed by atoms with van der Waals surface area (Å²) in [5.74, 6) is 0.438. The SMILES string of the molecule is CC1NC(=O)C1C. The minimum atomic E-state index is 0.188. The van der Waals surface area contributed by atoms with Crippen LogP contribution in [0.15, 0.2) is 0 Å². The fourth-order valence-electron chi connectivity index (χ4n) is 0.612. The molecular weight excluding hydrogens is 90.1 g/mol. The van der Waals surface area contributed by atoms with E-state index in [2.05, 4.69) is 5.32 Å².